The van der Waals surface area contributed by atoms with Gasteiger partial charge in [0.1, 0.15) is 11.3 Å². The van der Waals surface area contributed by atoms with Crippen molar-refractivity contribution in [2.24, 2.45) is 0 Å². The molecule has 0 aliphatic carbocycles. The van der Waals surface area contributed by atoms with Crippen LogP contribution in [0.4, 0.5) is 5.69 Å². The third-order valence-corrected chi connectivity index (χ3v) is 4.31. The third-order valence-electron chi connectivity index (χ3n) is 4.01. The van der Waals surface area contributed by atoms with Crippen LogP contribution in [-0.4, -0.2) is 31.0 Å². The number of methoxy groups -OCH3 is 1. The minimum Gasteiger partial charge on any atom is -0.477 e. The molecule has 0 radical (unpaired) electrons. The van der Waals surface area contributed by atoms with Crippen LogP contribution in [0.25, 0.3) is 6.08 Å². The van der Waals surface area contributed by atoms with Gasteiger partial charge in [0.05, 0.1) is 17.8 Å². The molecule has 1 saturated heterocycles. The molecule has 0 saturated carbocycles. The minimum absolute atomic E-state index is 0.0171. The zero-order valence-electron chi connectivity index (χ0n) is 15.1. The molecular weight excluding hydrogens is 384 g/mol. The normalized spacial score (nSPS) is 16.1. The van der Waals surface area contributed by atoms with E-state index in [2.05, 4.69) is 10.2 Å². The van der Waals surface area contributed by atoms with Crippen LogP contribution in [0.15, 0.2) is 54.1 Å². The molecule has 1 aliphatic heterocycles. The number of benzene rings is 2. The van der Waals surface area contributed by atoms with Gasteiger partial charge in [-0.05, 0) is 42.8 Å². The molecule has 8 heteroatoms. The first-order valence-electron chi connectivity index (χ1n) is 8.37. The molecule has 3 rings (SSSR count). The maximum Gasteiger partial charge on any atom is 0.346 e. The lowest BCUT2D eigenvalue weighted by Crippen LogP contribution is -2.35. The molecule has 2 amide bonds. The maximum absolute atomic E-state index is 12.6. The number of nitrogens with one attached hydrogen (secondary N) is 1. The number of para-hydroxylation sites is 1. The van der Waals surface area contributed by atoms with Gasteiger partial charge in [0.15, 0.2) is 6.10 Å². The molecule has 1 heterocycles. The first-order chi connectivity index (χ1) is 13.4. The molecule has 2 aromatic rings. The average Bonchev–Trinajstić information content (AvgIpc) is 2.98. The number of hydrogen-bond acceptors (Lipinski definition) is 5. The predicted molar refractivity (Wildman–Crippen MR) is 104 cm³/mol. The molecule has 0 aromatic heterocycles. The van der Waals surface area contributed by atoms with Gasteiger partial charge >= 0.3 is 5.97 Å². The van der Waals surface area contributed by atoms with Gasteiger partial charge in [-0.15, -0.1) is 0 Å². The molecule has 7 nitrogen and oxygen atoms in total. The largest absolute Gasteiger partial charge is 0.477 e. The zero-order valence-corrected chi connectivity index (χ0v) is 15.9. The number of amides is 2. The lowest BCUT2D eigenvalue weighted by Gasteiger charge is -2.14. The molecule has 1 N–H and O–H groups in total. The predicted octanol–water partition coefficient (Wildman–Crippen LogP) is 2.74. The number of anilines is 1. The molecule has 0 unspecified atom stereocenters. The Morgan fingerprint density at radius 2 is 1.89 bits per heavy atom. The number of nitrogens with zero attached hydrogens (tertiary/aromatic N) is 1. The molecule has 1 aliphatic rings. The Balaban J connectivity index is 1.81. The molecule has 2 aromatic carbocycles. The molecular formula is C20H17ClN2O5. The second kappa shape index (κ2) is 8.14. The Labute approximate surface area is 166 Å². The van der Waals surface area contributed by atoms with Crippen molar-refractivity contribution in [3.05, 3.63) is 64.7 Å². The van der Waals surface area contributed by atoms with Crippen molar-refractivity contribution >= 4 is 41.1 Å². The van der Waals surface area contributed by atoms with E-state index in [1.807, 2.05) is 6.07 Å². The summed E-state index contributed by atoms with van der Waals surface area (Å²) in [5.41, 5.74) is 3.61. The van der Waals surface area contributed by atoms with E-state index in [9.17, 15) is 14.4 Å². The Bertz CT molecular complexity index is 958. The SMILES string of the molecule is COC(=O)[C@H](C)Oc1ccc(/C=C2/C(=O)NN(c3ccccc3)C2=O)cc1Cl. The van der Waals surface area contributed by atoms with Crippen molar-refractivity contribution in [1.29, 1.82) is 0 Å². The molecule has 28 heavy (non-hydrogen) atoms. The minimum atomic E-state index is -0.826. The van der Waals surface area contributed by atoms with E-state index in [4.69, 9.17) is 16.3 Å². The summed E-state index contributed by atoms with van der Waals surface area (Å²) in [5.74, 6) is -1.22. The number of halogens is 1. The number of rotatable bonds is 5. The smallest absolute Gasteiger partial charge is 0.346 e. The number of hydrazine groups is 1. The summed E-state index contributed by atoms with van der Waals surface area (Å²) >= 11 is 6.20. The maximum atomic E-state index is 12.6. The molecule has 0 bridgehead atoms. The average molecular weight is 401 g/mol. The van der Waals surface area contributed by atoms with E-state index in [1.165, 1.54) is 25.1 Å². The first-order valence-corrected chi connectivity index (χ1v) is 8.74. The van der Waals surface area contributed by atoms with Gasteiger partial charge in [-0.2, -0.15) is 0 Å². The molecule has 1 fully saturated rings. The molecule has 144 valence electrons. The van der Waals surface area contributed by atoms with Crippen LogP contribution < -0.4 is 15.2 Å². The summed E-state index contributed by atoms with van der Waals surface area (Å²) in [6, 6.07) is 13.5. The van der Waals surface area contributed by atoms with E-state index in [-0.39, 0.29) is 16.3 Å². The van der Waals surface area contributed by atoms with Gasteiger partial charge in [0, 0.05) is 0 Å². The second-order valence-corrected chi connectivity index (χ2v) is 6.36. The number of ether oxygens (including phenoxy) is 2. The highest BCUT2D eigenvalue weighted by atomic mass is 35.5. The van der Waals surface area contributed by atoms with Crippen molar-refractivity contribution in [2.75, 3.05) is 12.1 Å². The Hall–Kier alpha value is -3.32. The van der Waals surface area contributed by atoms with Crippen LogP contribution in [0.5, 0.6) is 5.75 Å². The number of hydrogen-bond donors (Lipinski definition) is 1. The number of carbonyl (C=O) groups is 3. The van der Waals surface area contributed by atoms with Gasteiger partial charge in [0.2, 0.25) is 0 Å². The van der Waals surface area contributed by atoms with Gasteiger partial charge in [-0.25, -0.2) is 9.80 Å². The fourth-order valence-electron chi connectivity index (χ4n) is 2.59. The standard InChI is InChI=1S/C20H17ClN2O5/c1-12(20(26)27-2)28-17-9-8-13(11-16(17)21)10-15-18(24)22-23(19(15)25)14-6-4-3-5-7-14/h3-12H,1-2H3,(H,22,24)/b15-10-/t12-/m0/s1. The fraction of sp³-hybridized carbons (Fsp3) is 0.150. The summed E-state index contributed by atoms with van der Waals surface area (Å²) in [6.07, 6.45) is 0.619. The summed E-state index contributed by atoms with van der Waals surface area (Å²) in [6.45, 7) is 1.54. The summed E-state index contributed by atoms with van der Waals surface area (Å²) in [7, 11) is 1.27. The van der Waals surface area contributed by atoms with E-state index >= 15 is 0 Å². The molecule has 0 spiro atoms. The Kier molecular flexibility index (Phi) is 5.65. The van der Waals surface area contributed by atoms with Gasteiger partial charge in [0.25, 0.3) is 11.8 Å². The summed E-state index contributed by atoms with van der Waals surface area (Å²) in [5, 5.41) is 1.42. The van der Waals surface area contributed by atoms with Gasteiger partial charge in [-0.3, -0.25) is 15.0 Å². The van der Waals surface area contributed by atoms with Crippen molar-refractivity contribution in [1.82, 2.24) is 5.43 Å². The Morgan fingerprint density at radius 3 is 2.54 bits per heavy atom. The highest BCUT2D eigenvalue weighted by Gasteiger charge is 2.34. The van der Waals surface area contributed by atoms with E-state index < -0.39 is 23.9 Å². The van der Waals surface area contributed by atoms with E-state index in [0.717, 1.165) is 0 Å². The lowest BCUT2D eigenvalue weighted by atomic mass is 10.1. The van der Waals surface area contributed by atoms with Crippen LogP contribution >= 0.6 is 11.6 Å². The van der Waals surface area contributed by atoms with Crippen LogP contribution in [-0.2, 0) is 19.1 Å². The zero-order chi connectivity index (χ0) is 20.3. The van der Waals surface area contributed by atoms with E-state index in [1.54, 1.807) is 42.5 Å². The highest BCUT2D eigenvalue weighted by Crippen LogP contribution is 2.28. The lowest BCUT2D eigenvalue weighted by molar-refractivity contribution is -0.147. The van der Waals surface area contributed by atoms with E-state index in [0.29, 0.717) is 11.3 Å². The number of carbonyl (C=O) groups excluding carboxylic acids is 3. The quantitative estimate of drug-likeness (QED) is 0.474. The first kappa shape index (κ1) is 19.4. The van der Waals surface area contributed by atoms with Crippen molar-refractivity contribution < 1.29 is 23.9 Å². The number of esters is 1. The van der Waals surface area contributed by atoms with Crippen molar-refractivity contribution in [3.63, 3.8) is 0 Å². The fourth-order valence-corrected chi connectivity index (χ4v) is 2.82. The Morgan fingerprint density at radius 1 is 1.18 bits per heavy atom. The van der Waals surface area contributed by atoms with Gasteiger partial charge in [-0.1, -0.05) is 35.9 Å². The second-order valence-electron chi connectivity index (χ2n) is 5.95. The monoisotopic (exact) mass is 400 g/mol. The summed E-state index contributed by atoms with van der Waals surface area (Å²) < 4.78 is 10.1. The van der Waals surface area contributed by atoms with Crippen molar-refractivity contribution in [3.8, 4) is 5.75 Å². The molecule has 1 atom stereocenters. The third kappa shape index (κ3) is 3.99. The van der Waals surface area contributed by atoms with Crippen LogP contribution in [0.3, 0.4) is 0 Å². The highest BCUT2D eigenvalue weighted by molar-refractivity contribution is 6.33. The van der Waals surface area contributed by atoms with Crippen LogP contribution in [0, 0.1) is 0 Å². The van der Waals surface area contributed by atoms with Crippen LogP contribution in [0.1, 0.15) is 12.5 Å². The summed E-state index contributed by atoms with van der Waals surface area (Å²) in [4.78, 5) is 36.3. The van der Waals surface area contributed by atoms with Gasteiger partial charge < -0.3 is 9.47 Å². The van der Waals surface area contributed by atoms with Crippen molar-refractivity contribution in [2.45, 2.75) is 13.0 Å². The van der Waals surface area contributed by atoms with Crippen LogP contribution in [0.2, 0.25) is 5.02 Å². The topological polar surface area (TPSA) is 84.9 Å².